The molecule has 1 aromatic rings. The first-order chi connectivity index (χ1) is 13.2. The predicted octanol–water partition coefficient (Wildman–Crippen LogP) is 0.435. The molecule has 1 aromatic carbocycles. The normalized spacial score (nSPS) is 13.7. The third-order valence-corrected chi connectivity index (χ3v) is 4.21. The van der Waals surface area contributed by atoms with E-state index in [9.17, 15) is 34.8 Å². The number of methoxy groups -OCH3 is 1. The topological polar surface area (TPSA) is 151 Å². The van der Waals surface area contributed by atoms with Gasteiger partial charge < -0.3 is 29.9 Å². The molecule has 0 aliphatic carbocycles. The van der Waals surface area contributed by atoms with Crippen molar-refractivity contribution in [3.8, 4) is 11.5 Å². The van der Waals surface area contributed by atoms with E-state index in [1.54, 1.807) is 6.07 Å². The van der Waals surface area contributed by atoms with Gasteiger partial charge in [-0.1, -0.05) is 12.1 Å². The van der Waals surface area contributed by atoms with E-state index in [0.717, 1.165) is 7.11 Å². The second-order valence-electron chi connectivity index (χ2n) is 5.97. The lowest BCUT2D eigenvalue weighted by Gasteiger charge is -2.26. The van der Waals surface area contributed by atoms with Gasteiger partial charge in [-0.05, 0) is 30.2 Å². The number of rotatable bonds is 10. The highest BCUT2D eigenvalue weighted by atomic mass is 16.5. The van der Waals surface area contributed by atoms with Crippen molar-refractivity contribution < 1.29 is 44.3 Å². The summed E-state index contributed by atoms with van der Waals surface area (Å²) in [5.41, 5.74) is 0.642. The molecule has 0 radical (unpaired) electrons. The summed E-state index contributed by atoms with van der Waals surface area (Å²) in [5.74, 6) is -4.99. The van der Waals surface area contributed by atoms with Crippen LogP contribution in [0.5, 0.6) is 11.5 Å². The van der Waals surface area contributed by atoms with E-state index in [0.29, 0.717) is 11.8 Å². The molecular weight excluding hydrogens is 372 g/mol. The fourth-order valence-corrected chi connectivity index (χ4v) is 2.70. The number of aliphatic hydroxyl groups is 2. The third-order valence-electron chi connectivity index (χ3n) is 4.21. The molecule has 9 heteroatoms. The summed E-state index contributed by atoms with van der Waals surface area (Å²) in [6.07, 6.45) is -0.549. The first-order valence-corrected chi connectivity index (χ1v) is 8.46. The van der Waals surface area contributed by atoms with E-state index in [2.05, 4.69) is 4.74 Å². The van der Waals surface area contributed by atoms with Crippen LogP contribution >= 0.6 is 0 Å². The Morgan fingerprint density at radius 3 is 2.36 bits per heavy atom. The average molecular weight is 396 g/mol. The van der Waals surface area contributed by atoms with Gasteiger partial charge in [0.2, 0.25) is 0 Å². The maximum absolute atomic E-state index is 12.2. The standard InChI is InChI=1S/C19H24O9/c1-3-12(10-20)13(17(18(24)25)19(26)27-2)9-16(23)28-7-6-11-4-5-14(21)15(22)8-11/h3-5,8,10,13,17-18,21-22,24-25H,6-7,9H2,1-2H3/b12-3-/t13-,17-/m0/s1. The molecule has 0 aliphatic rings. The zero-order chi connectivity index (χ0) is 21.3. The molecule has 0 unspecified atom stereocenters. The van der Waals surface area contributed by atoms with Gasteiger partial charge in [0.25, 0.3) is 0 Å². The second kappa shape index (κ2) is 11.1. The van der Waals surface area contributed by atoms with Gasteiger partial charge >= 0.3 is 11.9 Å². The van der Waals surface area contributed by atoms with Gasteiger partial charge in [0, 0.05) is 12.3 Å². The first-order valence-electron chi connectivity index (χ1n) is 8.46. The number of hydrogen-bond acceptors (Lipinski definition) is 9. The maximum atomic E-state index is 12.2. The van der Waals surface area contributed by atoms with Crippen LogP contribution in [-0.2, 0) is 30.3 Å². The number of hydrogen-bond donors (Lipinski definition) is 4. The molecule has 0 bridgehead atoms. The molecule has 0 amide bonds. The zero-order valence-corrected chi connectivity index (χ0v) is 15.6. The largest absolute Gasteiger partial charge is 0.504 e. The number of phenols is 2. The molecule has 2 atom stereocenters. The summed E-state index contributed by atoms with van der Waals surface area (Å²) in [4.78, 5) is 35.3. The molecule has 4 N–H and O–H groups in total. The van der Waals surface area contributed by atoms with Gasteiger partial charge in [0.15, 0.2) is 17.8 Å². The zero-order valence-electron chi connectivity index (χ0n) is 15.6. The summed E-state index contributed by atoms with van der Waals surface area (Å²) >= 11 is 0. The molecule has 0 saturated heterocycles. The lowest BCUT2D eigenvalue weighted by atomic mass is 9.83. The minimum Gasteiger partial charge on any atom is -0.504 e. The predicted molar refractivity (Wildman–Crippen MR) is 96.1 cm³/mol. The number of esters is 2. The number of benzene rings is 1. The van der Waals surface area contributed by atoms with E-state index >= 15 is 0 Å². The molecule has 0 aromatic heterocycles. The van der Waals surface area contributed by atoms with E-state index in [1.807, 2.05) is 0 Å². The molecule has 0 aliphatic heterocycles. The molecule has 28 heavy (non-hydrogen) atoms. The Bertz CT molecular complexity index is 724. The number of carbonyl (C=O) groups is 3. The van der Waals surface area contributed by atoms with Crippen LogP contribution in [0, 0.1) is 11.8 Å². The Hall–Kier alpha value is -2.91. The number of phenolic OH excluding ortho intramolecular Hbond substituents is 2. The highest BCUT2D eigenvalue weighted by Gasteiger charge is 2.38. The van der Waals surface area contributed by atoms with Crippen LogP contribution in [0.25, 0.3) is 0 Å². The molecule has 0 fully saturated rings. The molecule has 0 spiro atoms. The minimum atomic E-state index is -2.14. The number of aromatic hydroxyl groups is 2. The molecule has 9 nitrogen and oxygen atoms in total. The van der Waals surface area contributed by atoms with Crippen LogP contribution in [0.1, 0.15) is 18.9 Å². The quantitative estimate of drug-likeness (QED) is 0.145. The third kappa shape index (κ3) is 6.36. The van der Waals surface area contributed by atoms with Crippen LogP contribution in [0.3, 0.4) is 0 Å². The van der Waals surface area contributed by atoms with Gasteiger partial charge in [0.05, 0.1) is 20.1 Å². The summed E-state index contributed by atoms with van der Waals surface area (Å²) in [7, 11) is 1.05. The smallest absolute Gasteiger partial charge is 0.314 e. The van der Waals surface area contributed by atoms with Crippen molar-refractivity contribution in [1.29, 1.82) is 0 Å². The number of allylic oxidation sites excluding steroid dienone is 2. The SMILES string of the molecule is C/C=C(/C=O)[C@H](CC(=O)OCCc1ccc(O)c(O)c1)[C@H](C(=O)OC)C(O)O. The van der Waals surface area contributed by atoms with Crippen LogP contribution in [0.15, 0.2) is 29.8 Å². The molecule has 0 heterocycles. The van der Waals surface area contributed by atoms with Crippen molar-refractivity contribution in [2.45, 2.75) is 26.1 Å². The number of carbonyl (C=O) groups excluding carboxylic acids is 3. The van der Waals surface area contributed by atoms with Crippen molar-refractivity contribution in [3.63, 3.8) is 0 Å². The van der Waals surface area contributed by atoms with Crippen molar-refractivity contribution in [1.82, 2.24) is 0 Å². The fourth-order valence-electron chi connectivity index (χ4n) is 2.70. The lowest BCUT2D eigenvalue weighted by molar-refractivity contribution is -0.167. The van der Waals surface area contributed by atoms with Gasteiger partial charge in [0.1, 0.15) is 12.2 Å². The molecule has 0 saturated carbocycles. The van der Waals surface area contributed by atoms with Gasteiger partial charge in [-0.25, -0.2) is 0 Å². The Labute approximate surface area is 161 Å². The first kappa shape index (κ1) is 23.1. The Kier molecular flexibility index (Phi) is 9.13. The summed E-state index contributed by atoms with van der Waals surface area (Å²) in [6, 6.07) is 4.17. The number of aldehydes is 1. The van der Waals surface area contributed by atoms with Crippen LogP contribution in [-0.4, -0.2) is 58.7 Å². The van der Waals surface area contributed by atoms with E-state index < -0.39 is 36.5 Å². The minimum absolute atomic E-state index is 0.0314. The fraction of sp³-hybridized carbons (Fsp3) is 0.421. The van der Waals surface area contributed by atoms with E-state index in [-0.39, 0.29) is 30.1 Å². The van der Waals surface area contributed by atoms with E-state index in [4.69, 9.17) is 4.74 Å². The maximum Gasteiger partial charge on any atom is 0.314 e. The second-order valence-corrected chi connectivity index (χ2v) is 5.97. The number of aliphatic hydroxyl groups excluding tert-OH is 1. The van der Waals surface area contributed by atoms with Crippen molar-refractivity contribution in [2.24, 2.45) is 11.8 Å². The lowest BCUT2D eigenvalue weighted by Crippen LogP contribution is -2.38. The van der Waals surface area contributed by atoms with Gasteiger partial charge in [-0.2, -0.15) is 0 Å². The van der Waals surface area contributed by atoms with Crippen molar-refractivity contribution >= 4 is 18.2 Å². The van der Waals surface area contributed by atoms with Crippen LogP contribution < -0.4 is 0 Å². The number of ether oxygens (including phenoxy) is 2. The molecular formula is C19H24O9. The summed E-state index contributed by atoms with van der Waals surface area (Å²) in [5, 5.41) is 37.8. The summed E-state index contributed by atoms with van der Waals surface area (Å²) in [6.45, 7) is 1.45. The highest BCUT2D eigenvalue weighted by molar-refractivity contribution is 5.82. The highest BCUT2D eigenvalue weighted by Crippen LogP contribution is 2.28. The Balaban J connectivity index is 2.81. The monoisotopic (exact) mass is 396 g/mol. The van der Waals surface area contributed by atoms with Gasteiger partial charge in [-0.15, -0.1) is 0 Å². The van der Waals surface area contributed by atoms with Crippen molar-refractivity contribution in [3.05, 3.63) is 35.4 Å². The van der Waals surface area contributed by atoms with E-state index in [1.165, 1.54) is 25.1 Å². The van der Waals surface area contributed by atoms with Crippen molar-refractivity contribution in [2.75, 3.05) is 13.7 Å². The Morgan fingerprint density at radius 2 is 1.86 bits per heavy atom. The van der Waals surface area contributed by atoms with Crippen LogP contribution in [0.4, 0.5) is 0 Å². The summed E-state index contributed by atoms with van der Waals surface area (Å²) < 4.78 is 9.62. The molecule has 1 rings (SSSR count). The van der Waals surface area contributed by atoms with Gasteiger partial charge in [-0.3, -0.25) is 14.4 Å². The van der Waals surface area contributed by atoms with Crippen LogP contribution in [0.2, 0.25) is 0 Å². The average Bonchev–Trinajstić information content (AvgIpc) is 2.65. The Morgan fingerprint density at radius 1 is 1.18 bits per heavy atom. The molecule has 154 valence electrons.